The molecule has 0 radical (unpaired) electrons. The second-order valence-electron chi connectivity index (χ2n) is 6.56. The smallest absolute Gasteiger partial charge is 0.236 e. The van der Waals surface area contributed by atoms with Crippen LogP contribution in [0.15, 0.2) is 61.1 Å². The number of carbonyl (C=O) groups is 1. The van der Waals surface area contributed by atoms with Crippen LogP contribution >= 0.6 is 0 Å². The largest absolute Gasteiger partial charge is 0.308 e. The highest BCUT2D eigenvalue weighted by molar-refractivity contribution is 5.99. The fourth-order valence-corrected chi connectivity index (χ4v) is 3.53. The molecular formula is C20H20N4O. The summed E-state index contributed by atoms with van der Waals surface area (Å²) >= 11 is 0. The minimum Gasteiger partial charge on any atom is -0.308 e. The first-order chi connectivity index (χ1) is 12.2. The molecule has 1 saturated carbocycles. The summed E-state index contributed by atoms with van der Waals surface area (Å²) in [7, 11) is 0. The standard InChI is InChI=1S/C20H20N4O/c1-15-5-2-3-6-17(15)20(10-4-11-20)19(25)22-18-9-14-24(23-18)16-7-12-21-13-8-16/h2-3,5-9,12-14H,4,10-11H2,1H3,(H,22,23,25). The second-order valence-corrected chi connectivity index (χ2v) is 6.56. The summed E-state index contributed by atoms with van der Waals surface area (Å²) in [5.41, 5.74) is 2.78. The second kappa shape index (κ2) is 6.16. The zero-order valence-electron chi connectivity index (χ0n) is 14.1. The van der Waals surface area contributed by atoms with E-state index in [0.29, 0.717) is 5.82 Å². The van der Waals surface area contributed by atoms with Gasteiger partial charge >= 0.3 is 0 Å². The molecule has 0 atom stereocenters. The van der Waals surface area contributed by atoms with Gasteiger partial charge in [-0.15, -0.1) is 0 Å². The Morgan fingerprint density at radius 2 is 1.88 bits per heavy atom. The fraction of sp³-hybridized carbons (Fsp3) is 0.250. The van der Waals surface area contributed by atoms with Gasteiger partial charge in [-0.25, -0.2) is 4.68 Å². The zero-order chi connectivity index (χ0) is 17.3. The van der Waals surface area contributed by atoms with Crippen molar-refractivity contribution in [3.63, 3.8) is 0 Å². The average molecular weight is 332 g/mol. The van der Waals surface area contributed by atoms with Crippen molar-refractivity contribution < 1.29 is 4.79 Å². The van der Waals surface area contributed by atoms with E-state index in [0.717, 1.165) is 30.5 Å². The molecule has 1 amide bonds. The number of nitrogens with one attached hydrogen (secondary N) is 1. The molecule has 1 aliphatic rings. The summed E-state index contributed by atoms with van der Waals surface area (Å²) < 4.78 is 1.73. The Labute approximate surface area is 146 Å². The third kappa shape index (κ3) is 2.71. The highest BCUT2D eigenvalue weighted by Crippen LogP contribution is 2.45. The average Bonchev–Trinajstić information content (AvgIpc) is 3.05. The number of pyridine rings is 1. The van der Waals surface area contributed by atoms with Gasteiger partial charge in [0, 0.05) is 24.7 Å². The van der Waals surface area contributed by atoms with Crippen LogP contribution < -0.4 is 5.32 Å². The Morgan fingerprint density at radius 1 is 1.12 bits per heavy atom. The molecule has 2 aromatic heterocycles. The van der Waals surface area contributed by atoms with E-state index in [-0.39, 0.29) is 5.91 Å². The first-order valence-electron chi connectivity index (χ1n) is 8.53. The van der Waals surface area contributed by atoms with Crippen LogP contribution in [0.3, 0.4) is 0 Å². The molecule has 126 valence electrons. The topological polar surface area (TPSA) is 59.8 Å². The van der Waals surface area contributed by atoms with Crippen molar-refractivity contribution in [2.24, 2.45) is 0 Å². The highest BCUT2D eigenvalue weighted by atomic mass is 16.2. The molecule has 3 aromatic rings. The molecule has 1 N–H and O–H groups in total. The minimum absolute atomic E-state index is 0.0352. The van der Waals surface area contributed by atoms with Crippen molar-refractivity contribution in [2.45, 2.75) is 31.6 Å². The Bertz CT molecular complexity index is 897. The first kappa shape index (κ1) is 15.6. The molecule has 1 aromatic carbocycles. The first-order valence-corrected chi connectivity index (χ1v) is 8.53. The van der Waals surface area contributed by atoms with E-state index in [2.05, 4.69) is 34.5 Å². The molecular weight excluding hydrogens is 312 g/mol. The summed E-state index contributed by atoms with van der Waals surface area (Å²) in [6.45, 7) is 2.07. The molecule has 0 saturated heterocycles. The van der Waals surface area contributed by atoms with Gasteiger partial charge in [0.25, 0.3) is 0 Å². The van der Waals surface area contributed by atoms with Crippen LogP contribution in [0.5, 0.6) is 0 Å². The van der Waals surface area contributed by atoms with Gasteiger partial charge in [0.2, 0.25) is 5.91 Å². The fourth-order valence-electron chi connectivity index (χ4n) is 3.53. The summed E-state index contributed by atoms with van der Waals surface area (Å²) in [6.07, 6.45) is 8.12. The molecule has 5 nitrogen and oxygen atoms in total. The predicted octanol–water partition coefficient (Wildman–Crippen LogP) is 3.64. The third-order valence-electron chi connectivity index (χ3n) is 5.06. The lowest BCUT2D eigenvalue weighted by molar-refractivity contribution is -0.124. The number of amides is 1. The van der Waals surface area contributed by atoms with Gasteiger partial charge in [-0.1, -0.05) is 30.7 Å². The van der Waals surface area contributed by atoms with Gasteiger partial charge in [0.15, 0.2) is 5.82 Å². The molecule has 5 heteroatoms. The number of hydrogen-bond acceptors (Lipinski definition) is 3. The Morgan fingerprint density at radius 3 is 2.56 bits per heavy atom. The molecule has 2 heterocycles. The van der Waals surface area contributed by atoms with Crippen LogP contribution in [-0.4, -0.2) is 20.7 Å². The number of anilines is 1. The molecule has 0 unspecified atom stereocenters. The van der Waals surface area contributed by atoms with Crippen molar-refractivity contribution >= 4 is 11.7 Å². The van der Waals surface area contributed by atoms with Gasteiger partial charge in [0.05, 0.1) is 11.1 Å². The molecule has 25 heavy (non-hydrogen) atoms. The number of nitrogens with zero attached hydrogens (tertiary/aromatic N) is 3. The summed E-state index contributed by atoms with van der Waals surface area (Å²) in [5.74, 6) is 0.606. The van der Waals surface area contributed by atoms with E-state index in [1.807, 2.05) is 36.5 Å². The van der Waals surface area contributed by atoms with Crippen molar-refractivity contribution in [1.82, 2.24) is 14.8 Å². The highest BCUT2D eigenvalue weighted by Gasteiger charge is 2.46. The molecule has 1 fully saturated rings. The van der Waals surface area contributed by atoms with E-state index in [1.165, 1.54) is 5.56 Å². The van der Waals surface area contributed by atoms with E-state index in [1.54, 1.807) is 17.1 Å². The van der Waals surface area contributed by atoms with Gasteiger partial charge in [-0.2, -0.15) is 5.10 Å². The number of aromatic nitrogens is 3. The molecule has 1 aliphatic carbocycles. The zero-order valence-corrected chi connectivity index (χ0v) is 14.1. The van der Waals surface area contributed by atoms with Crippen LogP contribution in [0.1, 0.15) is 30.4 Å². The molecule has 0 aliphatic heterocycles. The predicted molar refractivity (Wildman–Crippen MR) is 96.7 cm³/mol. The van der Waals surface area contributed by atoms with Gasteiger partial charge in [-0.3, -0.25) is 9.78 Å². The normalized spacial score (nSPS) is 15.4. The maximum Gasteiger partial charge on any atom is 0.236 e. The van der Waals surface area contributed by atoms with E-state index < -0.39 is 5.41 Å². The van der Waals surface area contributed by atoms with E-state index >= 15 is 0 Å². The minimum atomic E-state index is -0.425. The van der Waals surface area contributed by atoms with Crippen molar-refractivity contribution in [2.75, 3.05) is 5.32 Å². The summed E-state index contributed by atoms with van der Waals surface area (Å²) in [4.78, 5) is 17.1. The van der Waals surface area contributed by atoms with Crippen LogP contribution in [0, 0.1) is 6.92 Å². The molecule has 4 rings (SSSR count). The number of benzene rings is 1. The lowest BCUT2D eigenvalue weighted by atomic mass is 9.63. The van der Waals surface area contributed by atoms with Gasteiger partial charge in [0.1, 0.15) is 0 Å². The molecule has 0 spiro atoms. The van der Waals surface area contributed by atoms with E-state index in [4.69, 9.17) is 0 Å². The van der Waals surface area contributed by atoms with Crippen molar-refractivity contribution in [1.29, 1.82) is 0 Å². The van der Waals surface area contributed by atoms with Crippen molar-refractivity contribution in [3.05, 3.63) is 72.2 Å². The third-order valence-corrected chi connectivity index (χ3v) is 5.06. The Balaban J connectivity index is 1.58. The Hall–Kier alpha value is -2.95. The van der Waals surface area contributed by atoms with Crippen LogP contribution in [0.25, 0.3) is 5.69 Å². The number of carbonyl (C=O) groups excluding carboxylic acids is 1. The van der Waals surface area contributed by atoms with Crippen molar-refractivity contribution in [3.8, 4) is 5.69 Å². The monoisotopic (exact) mass is 332 g/mol. The maximum absolute atomic E-state index is 13.0. The van der Waals surface area contributed by atoms with Crippen LogP contribution in [0.2, 0.25) is 0 Å². The maximum atomic E-state index is 13.0. The summed E-state index contributed by atoms with van der Waals surface area (Å²) in [5, 5.41) is 7.48. The lowest BCUT2D eigenvalue weighted by Gasteiger charge is -2.41. The summed E-state index contributed by atoms with van der Waals surface area (Å²) in [6, 6.07) is 13.7. The SMILES string of the molecule is Cc1ccccc1C1(C(=O)Nc2ccn(-c3ccncc3)n2)CCC1. The van der Waals surface area contributed by atoms with Gasteiger partial charge in [-0.05, 0) is 43.0 Å². The van der Waals surface area contributed by atoms with E-state index in [9.17, 15) is 4.79 Å². The number of aryl methyl sites for hydroxylation is 1. The molecule has 0 bridgehead atoms. The van der Waals surface area contributed by atoms with Crippen LogP contribution in [0.4, 0.5) is 5.82 Å². The Kier molecular flexibility index (Phi) is 3.84. The lowest BCUT2D eigenvalue weighted by Crippen LogP contribution is -2.46. The number of rotatable bonds is 4. The number of hydrogen-bond donors (Lipinski definition) is 1. The van der Waals surface area contributed by atoms with Crippen LogP contribution in [-0.2, 0) is 10.2 Å². The van der Waals surface area contributed by atoms with Gasteiger partial charge < -0.3 is 5.32 Å². The quantitative estimate of drug-likeness (QED) is 0.793.